The van der Waals surface area contributed by atoms with E-state index >= 15 is 0 Å². The molecular weight excluding hydrogens is 322 g/mol. The molecule has 0 radical (unpaired) electrons. The van der Waals surface area contributed by atoms with E-state index in [1.807, 2.05) is 25.1 Å². The predicted octanol–water partition coefficient (Wildman–Crippen LogP) is 2.08. The van der Waals surface area contributed by atoms with Gasteiger partial charge in [0.05, 0.1) is 18.1 Å². The molecular formula is C18H23N3O2S. The first-order chi connectivity index (χ1) is 11.6. The Hall–Kier alpha value is -2.08. The minimum Gasteiger partial charge on any atom is -0.357 e. The van der Waals surface area contributed by atoms with E-state index in [4.69, 9.17) is 0 Å². The van der Waals surface area contributed by atoms with Gasteiger partial charge in [0.15, 0.2) is 15.8 Å². The van der Waals surface area contributed by atoms with Crippen molar-refractivity contribution in [1.29, 1.82) is 0 Å². The highest BCUT2D eigenvalue weighted by Crippen LogP contribution is 2.19. The van der Waals surface area contributed by atoms with E-state index in [1.165, 1.54) is 10.8 Å². The molecule has 128 valence electrons. The monoisotopic (exact) mass is 345 g/mol. The minimum absolute atomic E-state index is 0.0553. The lowest BCUT2D eigenvalue weighted by atomic mass is 10.1. The third kappa shape index (κ3) is 4.06. The Morgan fingerprint density at radius 2 is 2.00 bits per heavy atom. The zero-order valence-electron chi connectivity index (χ0n) is 13.8. The molecule has 1 aliphatic heterocycles. The smallest absolute Gasteiger partial charge is 0.191 e. The summed E-state index contributed by atoms with van der Waals surface area (Å²) in [7, 11) is -2.90. The van der Waals surface area contributed by atoms with Crippen molar-refractivity contribution in [2.45, 2.75) is 25.9 Å². The van der Waals surface area contributed by atoms with E-state index in [1.54, 1.807) is 0 Å². The van der Waals surface area contributed by atoms with Gasteiger partial charge in [-0.3, -0.25) is 0 Å². The van der Waals surface area contributed by atoms with Crippen LogP contribution in [0.15, 0.2) is 47.5 Å². The second-order valence-corrected chi connectivity index (χ2v) is 8.31. The molecule has 24 heavy (non-hydrogen) atoms. The van der Waals surface area contributed by atoms with Crippen molar-refractivity contribution >= 4 is 26.6 Å². The van der Waals surface area contributed by atoms with E-state index in [9.17, 15) is 8.42 Å². The molecule has 0 aliphatic carbocycles. The summed E-state index contributed by atoms with van der Waals surface area (Å²) in [5, 5.41) is 8.85. The number of guanidine groups is 1. The molecule has 1 saturated heterocycles. The predicted molar refractivity (Wildman–Crippen MR) is 99.0 cm³/mol. The number of rotatable bonds is 4. The van der Waals surface area contributed by atoms with Crippen LogP contribution in [0.3, 0.4) is 0 Å². The molecule has 1 atom stereocenters. The van der Waals surface area contributed by atoms with Crippen LogP contribution >= 0.6 is 0 Å². The molecule has 1 aliphatic rings. The van der Waals surface area contributed by atoms with Gasteiger partial charge in [0.2, 0.25) is 0 Å². The average molecular weight is 345 g/mol. The van der Waals surface area contributed by atoms with Crippen LogP contribution < -0.4 is 10.6 Å². The van der Waals surface area contributed by atoms with Gasteiger partial charge in [0.25, 0.3) is 0 Å². The molecule has 2 N–H and O–H groups in total. The Balaban J connectivity index is 1.76. The average Bonchev–Trinajstić information content (AvgIpc) is 2.91. The van der Waals surface area contributed by atoms with Crippen LogP contribution in [0.5, 0.6) is 0 Å². The molecule has 0 amide bonds. The third-order valence-electron chi connectivity index (χ3n) is 4.20. The van der Waals surface area contributed by atoms with Gasteiger partial charge in [0.1, 0.15) is 0 Å². The summed E-state index contributed by atoms with van der Waals surface area (Å²) >= 11 is 0. The number of fused-ring (bicyclic) bond motifs is 1. The lowest BCUT2D eigenvalue weighted by molar-refractivity contribution is 0.599. The van der Waals surface area contributed by atoms with E-state index in [2.05, 4.69) is 39.9 Å². The molecule has 3 rings (SSSR count). The Morgan fingerprint density at radius 3 is 2.75 bits per heavy atom. The van der Waals surface area contributed by atoms with Crippen molar-refractivity contribution in [3.63, 3.8) is 0 Å². The van der Waals surface area contributed by atoms with Crippen LogP contribution in [0, 0.1) is 0 Å². The van der Waals surface area contributed by atoms with Gasteiger partial charge in [-0.15, -0.1) is 0 Å². The van der Waals surface area contributed by atoms with E-state index in [0.717, 1.165) is 12.1 Å². The molecule has 0 spiro atoms. The Bertz CT molecular complexity index is 841. The van der Waals surface area contributed by atoms with Crippen LogP contribution in [-0.4, -0.2) is 38.5 Å². The first-order valence-electron chi connectivity index (χ1n) is 8.29. The van der Waals surface area contributed by atoms with Gasteiger partial charge in [-0.1, -0.05) is 42.5 Å². The van der Waals surface area contributed by atoms with Gasteiger partial charge in [-0.25, -0.2) is 13.4 Å². The number of nitrogens with zero attached hydrogens (tertiary/aromatic N) is 1. The Kier molecular flexibility index (Phi) is 5.04. The maximum atomic E-state index is 11.6. The molecule has 0 saturated carbocycles. The topological polar surface area (TPSA) is 70.6 Å². The quantitative estimate of drug-likeness (QED) is 0.657. The van der Waals surface area contributed by atoms with Crippen LogP contribution in [0.1, 0.15) is 18.9 Å². The van der Waals surface area contributed by atoms with Crippen LogP contribution in [-0.2, 0) is 16.4 Å². The largest absolute Gasteiger partial charge is 0.357 e. The first-order valence-corrected chi connectivity index (χ1v) is 10.1. The number of sulfone groups is 1. The van der Waals surface area contributed by atoms with Crippen LogP contribution in [0.2, 0.25) is 0 Å². The summed E-state index contributed by atoms with van der Waals surface area (Å²) in [4.78, 5) is 4.64. The number of hydrogen-bond donors (Lipinski definition) is 2. The summed E-state index contributed by atoms with van der Waals surface area (Å²) in [5.41, 5.74) is 1.16. The highest BCUT2D eigenvalue weighted by molar-refractivity contribution is 7.91. The molecule has 6 heteroatoms. The molecule has 1 fully saturated rings. The summed E-state index contributed by atoms with van der Waals surface area (Å²) in [6.07, 6.45) is 0.640. The van der Waals surface area contributed by atoms with Gasteiger partial charge in [-0.2, -0.15) is 0 Å². The standard InChI is InChI=1S/C18H23N3O2S/c1-2-19-18(21-16-10-11-24(22,23)13-16)20-12-15-8-5-7-14-6-3-4-9-17(14)15/h3-9,16H,2,10-13H2,1H3,(H2,19,20,21). The zero-order valence-corrected chi connectivity index (χ0v) is 14.6. The molecule has 2 aromatic carbocycles. The summed E-state index contributed by atoms with van der Waals surface area (Å²) in [6.45, 7) is 3.29. The maximum absolute atomic E-state index is 11.6. The molecule has 5 nitrogen and oxygen atoms in total. The van der Waals surface area contributed by atoms with Crippen molar-refractivity contribution in [3.05, 3.63) is 48.0 Å². The van der Waals surface area contributed by atoms with Gasteiger partial charge in [0, 0.05) is 12.6 Å². The summed E-state index contributed by atoms with van der Waals surface area (Å²) in [6, 6.07) is 14.4. The molecule has 1 heterocycles. The second-order valence-electron chi connectivity index (χ2n) is 6.08. The Labute approximate surface area is 143 Å². The summed E-state index contributed by atoms with van der Waals surface area (Å²) < 4.78 is 23.2. The van der Waals surface area contributed by atoms with E-state index in [0.29, 0.717) is 18.9 Å². The van der Waals surface area contributed by atoms with Gasteiger partial charge >= 0.3 is 0 Å². The van der Waals surface area contributed by atoms with Crippen LogP contribution in [0.4, 0.5) is 0 Å². The minimum atomic E-state index is -2.90. The summed E-state index contributed by atoms with van der Waals surface area (Å²) in [5.74, 6) is 1.12. The van der Waals surface area contributed by atoms with Crippen LogP contribution in [0.25, 0.3) is 10.8 Å². The maximum Gasteiger partial charge on any atom is 0.191 e. The highest BCUT2D eigenvalue weighted by Gasteiger charge is 2.28. The van der Waals surface area contributed by atoms with Crippen molar-refractivity contribution in [2.24, 2.45) is 4.99 Å². The fourth-order valence-corrected chi connectivity index (χ4v) is 4.69. The fourth-order valence-electron chi connectivity index (χ4n) is 3.02. The first kappa shape index (κ1) is 16.8. The Morgan fingerprint density at radius 1 is 1.21 bits per heavy atom. The number of nitrogens with one attached hydrogen (secondary N) is 2. The number of aliphatic imine (C=N–C) groups is 1. The van der Waals surface area contributed by atoms with Crippen molar-refractivity contribution in [2.75, 3.05) is 18.1 Å². The van der Waals surface area contributed by atoms with E-state index in [-0.39, 0.29) is 17.5 Å². The third-order valence-corrected chi connectivity index (χ3v) is 5.97. The SMILES string of the molecule is CCNC(=NCc1cccc2ccccc12)NC1CCS(=O)(=O)C1. The van der Waals surface area contributed by atoms with Crippen molar-refractivity contribution in [3.8, 4) is 0 Å². The van der Waals surface area contributed by atoms with Gasteiger partial charge in [-0.05, 0) is 29.7 Å². The van der Waals surface area contributed by atoms with Crippen molar-refractivity contribution < 1.29 is 8.42 Å². The normalized spacial score (nSPS) is 20.2. The lowest BCUT2D eigenvalue weighted by Crippen LogP contribution is -2.44. The molecule has 0 bridgehead atoms. The molecule has 1 unspecified atom stereocenters. The van der Waals surface area contributed by atoms with Crippen molar-refractivity contribution in [1.82, 2.24) is 10.6 Å². The fraction of sp³-hybridized carbons (Fsp3) is 0.389. The molecule has 2 aromatic rings. The lowest BCUT2D eigenvalue weighted by Gasteiger charge is -2.16. The number of benzene rings is 2. The van der Waals surface area contributed by atoms with E-state index < -0.39 is 9.84 Å². The van der Waals surface area contributed by atoms with Gasteiger partial charge < -0.3 is 10.6 Å². The number of hydrogen-bond acceptors (Lipinski definition) is 3. The highest BCUT2D eigenvalue weighted by atomic mass is 32.2. The molecule has 0 aromatic heterocycles. The second kappa shape index (κ2) is 7.21. The zero-order chi connectivity index (χ0) is 17.0.